The lowest BCUT2D eigenvalue weighted by atomic mass is 10.0. The largest absolute Gasteiger partial charge is 0.488 e. The molecule has 1 heterocycles. The molecule has 41 heavy (non-hydrogen) atoms. The van der Waals surface area contributed by atoms with Gasteiger partial charge in [-0.1, -0.05) is 95.5 Å². The van der Waals surface area contributed by atoms with Crippen LogP contribution in [0.25, 0.3) is 16.8 Å². The monoisotopic (exact) mass is 574 g/mol. The van der Waals surface area contributed by atoms with Crippen molar-refractivity contribution in [1.82, 2.24) is 0 Å². The fourth-order valence-corrected chi connectivity index (χ4v) is 5.83. The zero-order valence-electron chi connectivity index (χ0n) is 22.7. The van der Waals surface area contributed by atoms with E-state index in [4.69, 9.17) is 21.3 Å². The molecule has 6 heteroatoms. The maximum absolute atomic E-state index is 14.0. The van der Waals surface area contributed by atoms with Gasteiger partial charge < -0.3 is 4.74 Å². The van der Waals surface area contributed by atoms with Crippen molar-refractivity contribution >= 4 is 62.7 Å². The third-order valence-electron chi connectivity index (χ3n) is 6.90. The highest BCUT2D eigenvalue weighted by Gasteiger charge is 2.35. The Labute approximate surface area is 249 Å². The third-order valence-corrected chi connectivity index (χ3v) is 8.24. The van der Waals surface area contributed by atoms with Crippen molar-refractivity contribution in [2.75, 3.05) is 4.90 Å². The summed E-state index contributed by atoms with van der Waals surface area (Å²) in [6.07, 6.45) is 1.93. The lowest BCUT2D eigenvalue weighted by Gasteiger charge is -2.16. The number of aryl methyl sites for hydroxylation is 2. The van der Waals surface area contributed by atoms with Crippen LogP contribution in [0.4, 0.5) is 11.4 Å². The molecule has 0 unspecified atom stereocenters. The number of carbonyl (C=O) groups is 1. The fourth-order valence-electron chi connectivity index (χ4n) is 4.65. The molecule has 1 fully saturated rings. The number of amidine groups is 1. The number of ether oxygens (including phenoxy) is 1. The van der Waals surface area contributed by atoms with Crippen molar-refractivity contribution in [2.45, 2.75) is 20.5 Å². The summed E-state index contributed by atoms with van der Waals surface area (Å²) in [6, 6.07) is 35.6. The molecule has 0 aliphatic carbocycles. The number of thioether (sulfide) groups is 1. The number of benzene rings is 5. The number of rotatable bonds is 6. The Bertz CT molecular complexity index is 1810. The van der Waals surface area contributed by atoms with Gasteiger partial charge in [0, 0.05) is 16.1 Å². The number of carbonyl (C=O) groups excluding carboxylic acids is 1. The van der Waals surface area contributed by atoms with Crippen molar-refractivity contribution in [1.29, 1.82) is 0 Å². The molecule has 1 aliphatic rings. The van der Waals surface area contributed by atoms with Crippen LogP contribution in [0.3, 0.4) is 0 Å². The van der Waals surface area contributed by atoms with Crippen molar-refractivity contribution in [2.24, 2.45) is 4.99 Å². The quantitative estimate of drug-likeness (QED) is 0.190. The average Bonchev–Trinajstić information content (AvgIpc) is 3.29. The molecule has 0 radical (unpaired) electrons. The minimum absolute atomic E-state index is 0.130. The summed E-state index contributed by atoms with van der Waals surface area (Å²) < 4.78 is 6.32. The van der Waals surface area contributed by atoms with E-state index < -0.39 is 0 Å². The first kappa shape index (κ1) is 26.9. The number of fused-ring (bicyclic) bond motifs is 1. The van der Waals surface area contributed by atoms with Gasteiger partial charge in [0.25, 0.3) is 5.91 Å². The zero-order valence-corrected chi connectivity index (χ0v) is 24.2. The van der Waals surface area contributed by atoms with Crippen molar-refractivity contribution in [3.63, 3.8) is 0 Å². The Morgan fingerprint density at radius 2 is 1.51 bits per heavy atom. The minimum Gasteiger partial charge on any atom is -0.488 e. The molecule has 0 bridgehead atoms. The summed E-state index contributed by atoms with van der Waals surface area (Å²) in [5.74, 6) is 0.546. The number of aliphatic imine (C=N–C) groups is 1. The topological polar surface area (TPSA) is 41.9 Å². The van der Waals surface area contributed by atoms with Gasteiger partial charge in [-0.05, 0) is 78.9 Å². The van der Waals surface area contributed by atoms with Crippen molar-refractivity contribution in [3.8, 4) is 5.75 Å². The highest BCUT2D eigenvalue weighted by molar-refractivity contribution is 8.19. The molecule has 4 nitrogen and oxygen atoms in total. The number of hydrogen-bond donors (Lipinski definition) is 0. The SMILES string of the molecule is Cc1ccc(N=C2S/C(=C\c3c(OCc4ccccc4Cl)ccc4ccccc34)C(=O)N2c2ccc(C)cc2)cc1. The predicted molar refractivity (Wildman–Crippen MR) is 172 cm³/mol. The number of halogens is 1. The highest BCUT2D eigenvalue weighted by Crippen LogP contribution is 2.40. The summed E-state index contributed by atoms with van der Waals surface area (Å²) in [5.41, 5.74) is 5.57. The lowest BCUT2D eigenvalue weighted by Crippen LogP contribution is -2.28. The van der Waals surface area contributed by atoms with Crippen molar-refractivity contribution < 1.29 is 9.53 Å². The maximum Gasteiger partial charge on any atom is 0.271 e. The molecule has 0 saturated carbocycles. The summed E-state index contributed by atoms with van der Waals surface area (Å²) in [7, 11) is 0. The van der Waals surface area contributed by atoms with Gasteiger partial charge in [-0.15, -0.1) is 0 Å². The van der Waals surface area contributed by atoms with E-state index in [0.29, 0.717) is 27.5 Å². The maximum atomic E-state index is 14.0. The Kier molecular flexibility index (Phi) is 7.64. The van der Waals surface area contributed by atoms with E-state index in [1.807, 2.05) is 123 Å². The van der Waals surface area contributed by atoms with E-state index in [1.165, 1.54) is 11.8 Å². The van der Waals surface area contributed by atoms with Gasteiger partial charge in [0.15, 0.2) is 5.17 Å². The van der Waals surface area contributed by atoms with Gasteiger partial charge in [-0.2, -0.15) is 0 Å². The summed E-state index contributed by atoms with van der Waals surface area (Å²) in [5, 5.41) is 3.31. The molecule has 202 valence electrons. The van der Waals surface area contributed by atoms with Crippen LogP contribution in [0.15, 0.2) is 119 Å². The molecule has 0 aromatic heterocycles. The zero-order chi connectivity index (χ0) is 28.3. The number of nitrogens with zero attached hydrogens (tertiary/aromatic N) is 2. The van der Waals surface area contributed by atoms with Gasteiger partial charge in [-0.25, -0.2) is 4.99 Å². The Morgan fingerprint density at radius 3 is 2.27 bits per heavy atom. The van der Waals surface area contributed by atoms with Crippen LogP contribution < -0.4 is 9.64 Å². The number of anilines is 1. The second kappa shape index (κ2) is 11.7. The van der Waals surface area contributed by atoms with Gasteiger partial charge in [0.1, 0.15) is 12.4 Å². The van der Waals surface area contributed by atoms with Crippen molar-refractivity contribution in [3.05, 3.63) is 141 Å². The molecular weight excluding hydrogens is 548 g/mol. The average molecular weight is 575 g/mol. The molecule has 5 aromatic carbocycles. The molecule has 0 atom stereocenters. The van der Waals surface area contributed by atoms with E-state index in [-0.39, 0.29) is 5.91 Å². The van der Waals surface area contributed by atoms with E-state index in [2.05, 4.69) is 6.07 Å². The number of hydrogen-bond acceptors (Lipinski definition) is 4. The normalized spacial score (nSPS) is 15.3. The van der Waals surface area contributed by atoms with Gasteiger partial charge in [0.05, 0.1) is 16.3 Å². The van der Waals surface area contributed by atoms with Crippen LogP contribution in [-0.4, -0.2) is 11.1 Å². The van der Waals surface area contributed by atoms with E-state index >= 15 is 0 Å². The summed E-state index contributed by atoms with van der Waals surface area (Å²) in [6.45, 7) is 4.38. The van der Waals surface area contributed by atoms with Crippen LogP contribution in [0, 0.1) is 13.8 Å². The molecular formula is C35H27ClN2O2S. The van der Waals surface area contributed by atoms with Crippen LogP contribution in [0.1, 0.15) is 22.3 Å². The first-order valence-corrected chi connectivity index (χ1v) is 14.5. The van der Waals surface area contributed by atoms with Gasteiger partial charge in [0.2, 0.25) is 0 Å². The van der Waals surface area contributed by atoms with Crippen LogP contribution in [-0.2, 0) is 11.4 Å². The Hall–Kier alpha value is -4.32. The first-order valence-electron chi connectivity index (χ1n) is 13.3. The van der Waals surface area contributed by atoms with E-state index in [0.717, 1.165) is 44.4 Å². The molecule has 1 saturated heterocycles. The molecule has 0 N–H and O–H groups in total. The summed E-state index contributed by atoms with van der Waals surface area (Å²) >= 11 is 7.76. The Balaban J connectivity index is 1.44. The molecule has 1 amide bonds. The van der Waals surface area contributed by atoms with E-state index in [9.17, 15) is 4.79 Å². The van der Waals surface area contributed by atoms with Crippen LogP contribution in [0.2, 0.25) is 5.02 Å². The number of amides is 1. The standard InChI is InChI=1S/C35H27ClN2O2S/c1-23-11-16-27(17-12-23)37-35-38(28-18-13-24(2)14-19-28)34(39)33(41-35)21-30-29-9-5-3-7-25(29)15-20-32(30)40-22-26-8-4-6-10-31(26)36/h3-21H,22H2,1-2H3/b33-21-,37-35?. The molecule has 0 spiro atoms. The summed E-state index contributed by atoms with van der Waals surface area (Å²) in [4.78, 5) is 21.2. The Morgan fingerprint density at radius 1 is 0.829 bits per heavy atom. The second-order valence-corrected chi connectivity index (χ2v) is 11.3. The van der Waals surface area contributed by atoms with Gasteiger partial charge >= 0.3 is 0 Å². The fraction of sp³-hybridized carbons (Fsp3) is 0.0857. The predicted octanol–water partition coefficient (Wildman–Crippen LogP) is 9.50. The minimum atomic E-state index is -0.130. The third kappa shape index (κ3) is 5.78. The second-order valence-electron chi connectivity index (χ2n) is 9.90. The smallest absolute Gasteiger partial charge is 0.271 e. The molecule has 5 aromatic rings. The van der Waals surface area contributed by atoms with Gasteiger partial charge in [-0.3, -0.25) is 9.69 Å². The molecule has 6 rings (SSSR count). The lowest BCUT2D eigenvalue weighted by molar-refractivity contribution is -0.113. The van der Waals surface area contributed by atoms with Crippen LogP contribution >= 0.6 is 23.4 Å². The van der Waals surface area contributed by atoms with E-state index in [1.54, 1.807) is 4.90 Å². The van der Waals surface area contributed by atoms with Crippen LogP contribution in [0.5, 0.6) is 5.75 Å². The first-order chi connectivity index (χ1) is 20.0. The molecule has 1 aliphatic heterocycles. The highest BCUT2D eigenvalue weighted by atomic mass is 35.5.